The Morgan fingerprint density at radius 2 is 2.33 bits per heavy atom. The second-order valence-electron chi connectivity index (χ2n) is 3.17. The van der Waals surface area contributed by atoms with Crippen LogP contribution in [0.25, 0.3) is 6.08 Å². The Labute approximate surface area is 72.4 Å². The molecule has 1 N–H and O–H groups in total. The summed E-state index contributed by atoms with van der Waals surface area (Å²) >= 11 is 0. The molecule has 1 aliphatic carbocycles. The van der Waals surface area contributed by atoms with E-state index in [0.29, 0.717) is 0 Å². The molecule has 62 valence electrons. The lowest BCUT2D eigenvalue weighted by Gasteiger charge is -2.04. The Kier molecular flexibility index (Phi) is 1.74. The lowest BCUT2D eigenvalue weighted by molar-refractivity contribution is 0.180. The highest BCUT2D eigenvalue weighted by atomic mass is 16.3. The monoisotopic (exact) mass is 160 g/mol. The lowest BCUT2D eigenvalue weighted by Crippen LogP contribution is -1.90. The Bertz CT molecular complexity index is 315. The molecule has 0 heterocycles. The number of benzene rings is 1. The van der Waals surface area contributed by atoms with Gasteiger partial charge >= 0.3 is 0 Å². The molecule has 2 rings (SSSR count). The summed E-state index contributed by atoms with van der Waals surface area (Å²) in [5.74, 6) is 0. The van der Waals surface area contributed by atoms with Crippen LogP contribution in [0.2, 0.25) is 0 Å². The molecule has 0 radical (unpaired) electrons. The van der Waals surface area contributed by atoms with Crippen molar-refractivity contribution in [1.82, 2.24) is 0 Å². The van der Waals surface area contributed by atoms with Gasteiger partial charge in [0.1, 0.15) is 0 Å². The maximum atomic E-state index is 9.57. The van der Waals surface area contributed by atoms with Crippen molar-refractivity contribution in [2.45, 2.75) is 18.9 Å². The van der Waals surface area contributed by atoms with Gasteiger partial charge in [-0.2, -0.15) is 0 Å². The molecule has 0 aliphatic heterocycles. The highest BCUT2D eigenvalue weighted by Gasteiger charge is 2.20. The molecule has 0 bridgehead atoms. The normalized spacial score (nSPS) is 20.6. The summed E-state index contributed by atoms with van der Waals surface area (Å²) < 4.78 is 0. The molecule has 0 saturated heterocycles. The van der Waals surface area contributed by atoms with Crippen molar-refractivity contribution in [1.29, 1.82) is 0 Å². The van der Waals surface area contributed by atoms with Crippen molar-refractivity contribution in [3.05, 3.63) is 41.5 Å². The van der Waals surface area contributed by atoms with E-state index in [0.717, 1.165) is 18.4 Å². The summed E-state index contributed by atoms with van der Waals surface area (Å²) in [6.45, 7) is 3.75. The summed E-state index contributed by atoms with van der Waals surface area (Å²) in [6, 6.07) is 6.02. The van der Waals surface area contributed by atoms with Gasteiger partial charge in [-0.3, -0.25) is 0 Å². The van der Waals surface area contributed by atoms with Gasteiger partial charge in [0.15, 0.2) is 0 Å². The molecule has 12 heavy (non-hydrogen) atoms. The van der Waals surface area contributed by atoms with Crippen LogP contribution in [-0.4, -0.2) is 5.11 Å². The van der Waals surface area contributed by atoms with Crippen LogP contribution in [0.1, 0.15) is 29.2 Å². The summed E-state index contributed by atoms with van der Waals surface area (Å²) in [4.78, 5) is 0. The second-order valence-corrected chi connectivity index (χ2v) is 3.17. The van der Waals surface area contributed by atoms with Crippen LogP contribution in [0.5, 0.6) is 0 Å². The number of hydrogen-bond donors (Lipinski definition) is 1. The molecule has 0 spiro atoms. The van der Waals surface area contributed by atoms with E-state index in [1.165, 1.54) is 11.1 Å². The zero-order valence-corrected chi connectivity index (χ0v) is 6.96. The van der Waals surface area contributed by atoms with E-state index in [9.17, 15) is 5.11 Å². The first-order valence-electron chi connectivity index (χ1n) is 4.25. The maximum absolute atomic E-state index is 9.57. The minimum atomic E-state index is -0.250. The zero-order chi connectivity index (χ0) is 8.55. The zero-order valence-electron chi connectivity index (χ0n) is 6.96. The van der Waals surface area contributed by atoms with Gasteiger partial charge in [0.25, 0.3) is 0 Å². The average Bonchev–Trinajstić information content (AvgIpc) is 2.48. The van der Waals surface area contributed by atoms with Crippen LogP contribution in [-0.2, 0) is 6.42 Å². The van der Waals surface area contributed by atoms with Crippen molar-refractivity contribution >= 4 is 6.08 Å². The molecule has 1 atom stereocenters. The van der Waals surface area contributed by atoms with Crippen LogP contribution in [0.15, 0.2) is 24.8 Å². The molecule has 0 saturated carbocycles. The van der Waals surface area contributed by atoms with Gasteiger partial charge in [-0.1, -0.05) is 30.9 Å². The third-order valence-corrected chi connectivity index (χ3v) is 2.50. The fourth-order valence-electron chi connectivity index (χ4n) is 1.85. The van der Waals surface area contributed by atoms with Crippen molar-refractivity contribution in [2.75, 3.05) is 0 Å². The lowest BCUT2D eigenvalue weighted by atomic mass is 10.0. The summed E-state index contributed by atoms with van der Waals surface area (Å²) in [5, 5.41) is 9.57. The van der Waals surface area contributed by atoms with Gasteiger partial charge in [0.05, 0.1) is 6.10 Å². The van der Waals surface area contributed by atoms with Gasteiger partial charge in [-0.25, -0.2) is 0 Å². The maximum Gasteiger partial charge on any atom is 0.0796 e. The molecule has 1 nitrogen and oxygen atoms in total. The standard InChI is InChI=1S/C11H12O/c1-2-8-4-3-5-10-9(8)6-7-11(10)12/h2-5,11-12H,1,6-7H2. The number of hydrogen-bond acceptors (Lipinski definition) is 1. The molecule has 1 aromatic rings. The van der Waals surface area contributed by atoms with Gasteiger partial charge in [0, 0.05) is 0 Å². The largest absolute Gasteiger partial charge is 0.388 e. The van der Waals surface area contributed by atoms with Gasteiger partial charge in [-0.15, -0.1) is 0 Å². The fourth-order valence-corrected chi connectivity index (χ4v) is 1.85. The third kappa shape index (κ3) is 0.978. The molecular weight excluding hydrogens is 148 g/mol. The SMILES string of the molecule is C=Cc1cccc2c1CCC2O. The Morgan fingerprint density at radius 3 is 3.08 bits per heavy atom. The van der Waals surface area contributed by atoms with Crippen molar-refractivity contribution < 1.29 is 5.11 Å². The van der Waals surface area contributed by atoms with E-state index in [2.05, 4.69) is 6.58 Å². The van der Waals surface area contributed by atoms with Crippen LogP contribution >= 0.6 is 0 Å². The van der Waals surface area contributed by atoms with E-state index in [-0.39, 0.29) is 6.10 Å². The highest BCUT2D eigenvalue weighted by Crippen LogP contribution is 2.33. The first kappa shape index (κ1) is 7.56. The van der Waals surface area contributed by atoms with E-state index in [4.69, 9.17) is 0 Å². The van der Waals surface area contributed by atoms with E-state index >= 15 is 0 Å². The first-order chi connectivity index (χ1) is 5.83. The van der Waals surface area contributed by atoms with Crippen LogP contribution in [0, 0.1) is 0 Å². The highest BCUT2D eigenvalue weighted by molar-refractivity contribution is 5.56. The van der Waals surface area contributed by atoms with Crippen molar-refractivity contribution in [3.8, 4) is 0 Å². The Morgan fingerprint density at radius 1 is 1.50 bits per heavy atom. The molecule has 1 heteroatoms. The van der Waals surface area contributed by atoms with Crippen LogP contribution in [0.3, 0.4) is 0 Å². The Balaban J connectivity index is 2.57. The minimum Gasteiger partial charge on any atom is -0.388 e. The summed E-state index contributed by atoms with van der Waals surface area (Å²) in [5.41, 5.74) is 3.54. The Hall–Kier alpha value is -1.08. The molecule has 0 fully saturated rings. The van der Waals surface area contributed by atoms with Crippen LogP contribution < -0.4 is 0 Å². The molecule has 1 unspecified atom stereocenters. The summed E-state index contributed by atoms with van der Waals surface area (Å²) in [6.07, 6.45) is 3.45. The van der Waals surface area contributed by atoms with E-state index in [1.54, 1.807) is 0 Å². The van der Waals surface area contributed by atoms with Crippen LogP contribution in [0.4, 0.5) is 0 Å². The van der Waals surface area contributed by atoms with E-state index < -0.39 is 0 Å². The molecule has 1 aromatic carbocycles. The molecule has 0 aromatic heterocycles. The van der Waals surface area contributed by atoms with Crippen molar-refractivity contribution in [3.63, 3.8) is 0 Å². The fraction of sp³-hybridized carbons (Fsp3) is 0.273. The first-order valence-corrected chi connectivity index (χ1v) is 4.25. The van der Waals surface area contributed by atoms with Gasteiger partial charge < -0.3 is 5.11 Å². The number of fused-ring (bicyclic) bond motifs is 1. The minimum absolute atomic E-state index is 0.250. The number of rotatable bonds is 1. The smallest absolute Gasteiger partial charge is 0.0796 e. The predicted molar refractivity (Wildman–Crippen MR) is 49.8 cm³/mol. The average molecular weight is 160 g/mol. The molecule has 0 amide bonds. The molecular formula is C11H12O. The number of aliphatic hydroxyl groups is 1. The quantitative estimate of drug-likeness (QED) is 0.668. The molecule has 1 aliphatic rings. The third-order valence-electron chi connectivity index (χ3n) is 2.50. The van der Waals surface area contributed by atoms with Gasteiger partial charge in [-0.05, 0) is 29.5 Å². The predicted octanol–water partition coefficient (Wildman–Crippen LogP) is 2.31. The van der Waals surface area contributed by atoms with E-state index in [1.807, 2.05) is 24.3 Å². The summed E-state index contributed by atoms with van der Waals surface area (Å²) in [7, 11) is 0. The number of aliphatic hydroxyl groups excluding tert-OH is 1. The second kappa shape index (κ2) is 2.76. The van der Waals surface area contributed by atoms with Crippen molar-refractivity contribution in [2.24, 2.45) is 0 Å². The van der Waals surface area contributed by atoms with Gasteiger partial charge in [0.2, 0.25) is 0 Å². The topological polar surface area (TPSA) is 20.2 Å².